The summed E-state index contributed by atoms with van der Waals surface area (Å²) in [6, 6.07) is 20.9. The highest BCUT2D eigenvalue weighted by Crippen LogP contribution is 2.07. The summed E-state index contributed by atoms with van der Waals surface area (Å²) >= 11 is 0. The normalized spacial score (nSPS) is 7.13. The summed E-state index contributed by atoms with van der Waals surface area (Å²) in [5.74, 6) is 4.55. The van der Waals surface area contributed by atoms with E-state index in [1.807, 2.05) is 106 Å². The molecule has 93 heavy (non-hydrogen) atoms. The zero-order valence-corrected chi connectivity index (χ0v) is 66.4. The first-order valence-corrected chi connectivity index (χ1v) is 28.8. The summed E-state index contributed by atoms with van der Waals surface area (Å²) in [7, 11) is 9.00. The van der Waals surface area contributed by atoms with Crippen molar-refractivity contribution in [3.05, 3.63) is 71.8 Å². The van der Waals surface area contributed by atoms with E-state index in [0.717, 1.165) is 55.5 Å². The Hall–Kier alpha value is -6.20. The molecule has 0 bridgehead atoms. The lowest BCUT2D eigenvalue weighted by Gasteiger charge is -2.24. The molecular weight excluding hydrogens is 1190 g/mol. The lowest BCUT2D eigenvalue weighted by molar-refractivity contribution is -0.129. The Balaban J connectivity index is -0.0000000173. The van der Waals surface area contributed by atoms with Crippen molar-refractivity contribution in [3.8, 4) is 0 Å². The number of aliphatic hydroxyl groups is 1. The minimum Gasteiger partial charge on any atom is -0.394 e. The van der Waals surface area contributed by atoms with E-state index in [9.17, 15) is 4.79 Å². The summed E-state index contributed by atoms with van der Waals surface area (Å²) in [5, 5.41) is 8.06. The fourth-order valence-corrected chi connectivity index (χ4v) is 2.64. The van der Waals surface area contributed by atoms with Gasteiger partial charge in [0.2, 0.25) is 5.91 Å². The van der Waals surface area contributed by atoms with Crippen molar-refractivity contribution in [1.29, 1.82) is 0 Å². The second kappa shape index (κ2) is 322. The molecule has 1 aliphatic rings. The number of nitrogens with zero attached hydrogens (tertiary/aromatic N) is 1. The number of amides is 1. The summed E-state index contributed by atoms with van der Waals surface area (Å²) in [5.41, 5.74) is 29.8. The Bertz CT molecular complexity index is 1000. The molecule has 1 saturated heterocycles. The maximum atomic E-state index is 10.7. The van der Waals surface area contributed by atoms with Gasteiger partial charge >= 0.3 is 0 Å². The average molecular weight is 1360 g/mol. The molecule has 1 heterocycles. The number of rotatable bonds is 5. The molecule has 25 heteroatoms. The number of likely N-dealkylation sites (tertiary alicyclic amines) is 1. The molecule has 2 aromatic rings. The van der Waals surface area contributed by atoms with E-state index in [1.54, 1.807) is 20.8 Å². The van der Waals surface area contributed by atoms with Gasteiger partial charge in [-0.2, -0.15) is 0 Å². The number of nitrogens with two attached hydrogens (primary N) is 6. The smallest absolute Gasteiger partial charge is 0.219 e. The first-order chi connectivity index (χ1) is 42.2. The van der Waals surface area contributed by atoms with Crippen molar-refractivity contribution in [1.82, 2.24) is 35.7 Å². The number of carbonyl (C=O) groups excluding carboxylic acids is 12. The second-order valence-corrected chi connectivity index (χ2v) is 16.2. The summed E-state index contributed by atoms with van der Waals surface area (Å²) in [6.07, 6.45) is 9.71. The van der Waals surface area contributed by atoms with Gasteiger partial charge in [0.15, 0.2) is 0 Å². The van der Waals surface area contributed by atoms with E-state index < -0.39 is 0 Å². The number of aryl methyl sites for hydroxylation is 2. The maximum absolute atomic E-state index is 10.7. The first kappa shape index (κ1) is 191. The third-order valence-electron chi connectivity index (χ3n) is 6.75. The number of piperidine rings is 1. The van der Waals surface area contributed by atoms with Crippen LogP contribution in [-0.4, -0.2) is 152 Å². The van der Waals surface area contributed by atoms with Crippen LogP contribution in [-0.2, 0) is 70.4 Å². The van der Waals surface area contributed by atoms with Gasteiger partial charge in [-0.25, -0.2) is 0 Å². The number of carbonyl (C=O) groups is 12. The molecule has 580 valence electrons. The van der Waals surface area contributed by atoms with Gasteiger partial charge in [0.05, 0.1) is 0 Å². The highest BCUT2D eigenvalue weighted by Gasteiger charge is 2.11. The molecule has 1 fully saturated rings. The Morgan fingerprint density at radius 1 is 0.355 bits per heavy atom. The average Bonchev–Trinajstić information content (AvgIpc) is 3.61. The quantitative estimate of drug-likeness (QED) is 0.132. The third kappa shape index (κ3) is 596. The van der Waals surface area contributed by atoms with E-state index in [0.29, 0.717) is 0 Å². The van der Waals surface area contributed by atoms with Crippen LogP contribution in [0, 0.1) is 29.6 Å². The molecule has 0 atom stereocenters. The number of benzene rings is 2. The molecule has 28 N–H and O–H groups in total. The molecule has 0 spiro atoms. The van der Waals surface area contributed by atoms with Gasteiger partial charge in [0, 0.05) is 26.1 Å². The van der Waals surface area contributed by atoms with Gasteiger partial charge in [-0.3, -0.25) is 4.79 Å². The summed E-state index contributed by atoms with van der Waals surface area (Å²) < 4.78 is 0. The largest absolute Gasteiger partial charge is 0.394 e. The topological polar surface area (TPSA) is 559 Å². The minimum atomic E-state index is -0.167. The Kier molecular flexibility index (Phi) is 661. The number of hydrogen-bond acceptors (Lipinski definition) is 24. The molecule has 0 radical (unpaired) electrons. The van der Waals surface area contributed by atoms with Gasteiger partial charge in [0.25, 0.3) is 0 Å². The Morgan fingerprint density at radius 2 is 0.473 bits per heavy atom. The van der Waals surface area contributed by atoms with Crippen molar-refractivity contribution in [2.24, 2.45) is 64.0 Å². The molecule has 0 unspecified atom stereocenters. The molecule has 0 saturated carbocycles. The predicted molar refractivity (Wildman–Crippen MR) is 417 cm³/mol. The van der Waals surface area contributed by atoms with E-state index in [-0.39, 0.29) is 42.8 Å². The molecule has 1 aliphatic heterocycles. The standard InChI is InChI=1S/2C8H10.C7H13NO.3C5H12.2C4H10.C3H8O.C2H6.6CH5N.11CH2O.5H3N/c2*1-2-8-6-4-3-5-7-8;1-7(9)8-5-3-2-4-6-8;3*1-4-5(2)3;2*1-4(2)3;1-3(2)4;18*1-2;;;;;/h2*3-7H,2H2,1H3;2-6H2,1H3;3*5H,4H2,1-3H3;2*4H,1-3H3;3-4H,1-2H3;1-2H3;6*2H2,1H3;11*1H2;5*1H3. The molecule has 2 aromatic carbocycles. The van der Waals surface area contributed by atoms with E-state index in [1.165, 1.54) is 91.9 Å². The van der Waals surface area contributed by atoms with Crippen LogP contribution >= 0.6 is 0 Å². The molecule has 25 nitrogen and oxygen atoms in total. The fourth-order valence-electron chi connectivity index (χ4n) is 2.64. The lowest BCUT2D eigenvalue weighted by Crippen LogP contribution is -2.33. The van der Waals surface area contributed by atoms with Crippen LogP contribution in [0.1, 0.15) is 202 Å². The van der Waals surface area contributed by atoms with Crippen LogP contribution in [0.15, 0.2) is 60.7 Å². The molecule has 1 amide bonds. The Labute approximate surface area is 577 Å². The zero-order chi connectivity index (χ0) is 77.9. The first-order valence-electron chi connectivity index (χ1n) is 28.8. The highest BCUT2D eigenvalue weighted by molar-refractivity contribution is 5.73. The van der Waals surface area contributed by atoms with Gasteiger partial charge in [-0.15, -0.1) is 0 Å². The van der Waals surface area contributed by atoms with Crippen LogP contribution < -0.4 is 65.2 Å². The lowest BCUT2D eigenvalue weighted by atomic mass is 10.1. The second-order valence-electron chi connectivity index (χ2n) is 16.2. The summed E-state index contributed by atoms with van der Waals surface area (Å²) in [6.45, 7) is 70.3. The van der Waals surface area contributed by atoms with E-state index in [2.05, 4.69) is 201 Å². The molecular formula is C68H170N12O13. The highest BCUT2D eigenvalue weighted by atomic mass is 16.3. The maximum Gasteiger partial charge on any atom is 0.219 e. The van der Waals surface area contributed by atoms with Gasteiger partial charge in [-0.1, -0.05) is 211 Å². The van der Waals surface area contributed by atoms with Crippen LogP contribution in [0.3, 0.4) is 0 Å². The molecule has 0 aromatic heterocycles. The SMILES string of the molecule is C=O.C=O.C=O.C=O.C=O.C=O.C=O.C=O.C=O.C=O.C=O.CC.CC(=O)N1CCCCC1.CC(C)C.CC(C)C.CC(C)O.CCC(C)C.CCC(C)C.CCC(C)C.CCc1ccccc1.CCc1ccccc1.CN.CN.CN.CN.CN.CN.N.N.N.N.N. The Morgan fingerprint density at radius 3 is 0.538 bits per heavy atom. The van der Waals surface area contributed by atoms with Crippen molar-refractivity contribution in [2.75, 3.05) is 55.4 Å². The number of hydrogen-bond donors (Lipinski definition) is 12. The van der Waals surface area contributed by atoms with Crippen molar-refractivity contribution < 1.29 is 62.6 Å². The number of aliphatic hydroxyl groups excluding tert-OH is 1. The molecule has 3 rings (SSSR count). The fraction of sp³-hybridized carbons (Fsp3) is 0.647. The zero-order valence-electron chi connectivity index (χ0n) is 66.4. The van der Waals surface area contributed by atoms with Gasteiger partial charge < -0.3 is 128 Å². The van der Waals surface area contributed by atoms with E-state index >= 15 is 0 Å². The summed E-state index contributed by atoms with van der Waals surface area (Å²) in [4.78, 5) is 101. The van der Waals surface area contributed by atoms with Crippen molar-refractivity contribution in [3.63, 3.8) is 0 Å². The van der Waals surface area contributed by atoms with Gasteiger partial charge in [-0.05, 0) is 129 Å². The van der Waals surface area contributed by atoms with Crippen LogP contribution in [0.2, 0.25) is 0 Å². The third-order valence-corrected chi connectivity index (χ3v) is 6.75. The van der Waals surface area contributed by atoms with Crippen LogP contribution in [0.5, 0.6) is 0 Å². The van der Waals surface area contributed by atoms with Crippen molar-refractivity contribution in [2.45, 2.75) is 210 Å². The van der Waals surface area contributed by atoms with Crippen molar-refractivity contribution >= 4 is 80.6 Å². The van der Waals surface area contributed by atoms with Crippen LogP contribution in [0.25, 0.3) is 0 Å². The molecule has 0 aliphatic carbocycles. The van der Waals surface area contributed by atoms with Gasteiger partial charge in [0.1, 0.15) is 74.7 Å². The minimum absolute atomic E-state index is 0. The van der Waals surface area contributed by atoms with E-state index in [4.69, 9.17) is 57.8 Å². The predicted octanol–water partition coefficient (Wildman–Crippen LogP) is 12.6. The van der Waals surface area contributed by atoms with Crippen LogP contribution in [0.4, 0.5) is 0 Å². The monoisotopic (exact) mass is 1360 g/mol.